The summed E-state index contributed by atoms with van der Waals surface area (Å²) in [4.78, 5) is 11.6. The molecule has 0 spiro atoms. The predicted octanol–water partition coefficient (Wildman–Crippen LogP) is 3.71. The lowest BCUT2D eigenvalue weighted by atomic mass is 10.1. The van der Waals surface area contributed by atoms with Crippen LogP contribution in [0.2, 0.25) is 0 Å². The summed E-state index contributed by atoms with van der Waals surface area (Å²) in [6.45, 7) is 2.50. The molecule has 3 nitrogen and oxygen atoms in total. The first-order valence-electron chi connectivity index (χ1n) is 7.10. The lowest BCUT2D eigenvalue weighted by molar-refractivity contribution is 0.0994. The van der Waals surface area contributed by atoms with E-state index < -0.39 is 0 Å². The Hall–Kier alpha value is -2.29. The zero-order valence-electron chi connectivity index (χ0n) is 12.3. The molecular weight excluding hydrogens is 264 g/mol. The maximum Gasteiger partial charge on any atom is 0.163 e. The van der Waals surface area contributed by atoms with E-state index in [1.165, 1.54) is 5.56 Å². The fourth-order valence-electron chi connectivity index (χ4n) is 2.70. The molecule has 1 aliphatic rings. The fraction of sp³-hybridized carbons (Fsp3) is 0.278. The molecule has 1 aliphatic carbocycles. The number of Topliss-reactive ketones (excluding diaryl/α,β-unsaturated/α-hetero) is 1. The molecule has 0 heterocycles. The highest BCUT2D eigenvalue weighted by Gasteiger charge is 2.19. The monoisotopic (exact) mass is 282 g/mol. The number of carbonyl (C=O) groups is 1. The SMILES string of the molecule is COc1ccc(C)cc1COc1ccc2c(c1)CCC2=O. The van der Waals surface area contributed by atoms with Crippen LogP contribution in [0.5, 0.6) is 11.5 Å². The number of ketones is 1. The van der Waals surface area contributed by atoms with Crippen molar-refractivity contribution in [3.63, 3.8) is 0 Å². The maximum absolute atomic E-state index is 11.6. The molecule has 0 atom stereocenters. The Labute approximate surface area is 124 Å². The molecule has 108 valence electrons. The highest BCUT2D eigenvalue weighted by Crippen LogP contribution is 2.27. The third-order valence-corrected chi connectivity index (χ3v) is 3.83. The lowest BCUT2D eigenvalue weighted by Gasteiger charge is -2.12. The summed E-state index contributed by atoms with van der Waals surface area (Å²) in [6, 6.07) is 11.7. The summed E-state index contributed by atoms with van der Waals surface area (Å²) >= 11 is 0. The highest BCUT2D eigenvalue weighted by molar-refractivity contribution is 6.00. The van der Waals surface area contributed by atoms with Gasteiger partial charge in [0.05, 0.1) is 7.11 Å². The lowest BCUT2D eigenvalue weighted by Crippen LogP contribution is -2.00. The molecule has 0 aliphatic heterocycles. The van der Waals surface area contributed by atoms with Crippen molar-refractivity contribution in [3.05, 3.63) is 58.7 Å². The molecule has 3 heteroatoms. The van der Waals surface area contributed by atoms with Crippen molar-refractivity contribution in [2.24, 2.45) is 0 Å². The van der Waals surface area contributed by atoms with E-state index >= 15 is 0 Å². The third-order valence-electron chi connectivity index (χ3n) is 3.83. The molecule has 3 rings (SSSR count). The summed E-state index contributed by atoms with van der Waals surface area (Å²) in [5.74, 6) is 1.86. The van der Waals surface area contributed by atoms with Crippen LogP contribution in [0.1, 0.15) is 33.5 Å². The molecule has 0 aromatic heterocycles. The van der Waals surface area contributed by atoms with Crippen molar-refractivity contribution >= 4 is 5.78 Å². The van der Waals surface area contributed by atoms with E-state index in [9.17, 15) is 4.79 Å². The number of ether oxygens (including phenoxy) is 2. The number of rotatable bonds is 4. The Kier molecular flexibility index (Phi) is 3.65. The molecule has 0 saturated carbocycles. The first-order chi connectivity index (χ1) is 10.2. The van der Waals surface area contributed by atoms with Crippen LogP contribution >= 0.6 is 0 Å². The van der Waals surface area contributed by atoms with E-state index in [0.29, 0.717) is 13.0 Å². The number of hydrogen-bond donors (Lipinski definition) is 0. The van der Waals surface area contributed by atoms with Crippen molar-refractivity contribution in [1.29, 1.82) is 0 Å². The van der Waals surface area contributed by atoms with E-state index in [0.717, 1.165) is 34.6 Å². The van der Waals surface area contributed by atoms with Crippen LogP contribution in [-0.2, 0) is 13.0 Å². The number of aryl methyl sites for hydroxylation is 2. The maximum atomic E-state index is 11.6. The van der Waals surface area contributed by atoms with Gasteiger partial charge in [0, 0.05) is 17.5 Å². The molecule has 0 unspecified atom stereocenters. The molecule has 0 fully saturated rings. The zero-order valence-corrected chi connectivity index (χ0v) is 12.3. The van der Waals surface area contributed by atoms with Gasteiger partial charge in [-0.3, -0.25) is 4.79 Å². The van der Waals surface area contributed by atoms with Gasteiger partial charge in [0.25, 0.3) is 0 Å². The third kappa shape index (κ3) is 2.77. The minimum atomic E-state index is 0.233. The van der Waals surface area contributed by atoms with Crippen LogP contribution in [-0.4, -0.2) is 12.9 Å². The Bertz CT molecular complexity index is 689. The Morgan fingerprint density at radius 3 is 2.76 bits per heavy atom. The topological polar surface area (TPSA) is 35.5 Å². The number of benzene rings is 2. The van der Waals surface area contributed by atoms with Gasteiger partial charge >= 0.3 is 0 Å². The number of methoxy groups -OCH3 is 1. The minimum Gasteiger partial charge on any atom is -0.496 e. The fourth-order valence-corrected chi connectivity index (χ4v) is 2.70. The van der Waals surface area contributed by atoms with Crippen molar-refractivity contribution in [2.45, 2.75) is 26.4 Å². The normalized spacial score (nSPS) is 13.1. The van der Waals surface area contributed by atoms with Gasteiger partial charge in [-0.2, -0.15) is 0 Å². The average Bonchev–Trinajstić information content (AvgIpc) is 2.86. The second-order valence-corrected chi connectivity index (χ2v) is 5.35. The van der Waals surface area contributed by atoms with E-state index in [1.54, 1.807) is 7.11 Å². The van der Waals surface area contributed by atoms with Gasteiger partial charge in [0.1, 0.15) is 18.1 Å². The molecule has 2 aromatic rings. The Morgan fingerprint density at radius 2 is 1.95 bits per heavy atom. The number of fused-ring (bicyclic) bond motifs is 1. The van der Waals surface area contributed by atoms with E-state index in [-0.39, 0.29) is 5.78 Å². The average molecular weight is 282 g/mol. The summed E-state index contributed by atoms with van der Waals surface area (Å²) in [7, 11) is 1.66. The molecule has 0 bridgehead atoms. The van der Waals surface area contributed by atoms with Gasteiger partial charge in [-0.05, 0) is 49.2 Å². The second kappa shape index (κ2) is 5.60. The van der Waals surface area contributed by atoms with Gasteiger partial charge < -0.3 is 9.47 Å². The Morgan fingerprint density at radius 1 is 1.10 bits per heavy atom. The van der Waals surface area contributed by atoms with Crippen molar-refractivity contribution in [1.82, 2.24) is 0 Å². The standard InChI is InChI=1S/C18H18O3/c1-12-3-8-18(20-2)14(9-12)11-21-15-5-6-16-13(10-15)4-7-17(16)19/h3,5-6,8-10H,4,7,11H2,1-2H3. The Balaban J connectivity index is 1.77. The van der Waals surface area contributed by atoms with Gasteiger partial charge in [-0.15, -0.1) is 0 Å². The molecule has 0 radical (unpaired) electrons. The van der Waals surface area contributed by atoms with Crippen molar-refractivity contribution in [3.8, 4) is 11.5 Å². The van der Waals surface area contributed by atoms with E-state index in [4.69, 9.17) is 9.47 Å². The minimum absolute atomic E-state index is 0.233. The summed E-state index contributed by atoms with van der Waals surface area (Å²) in [5, 5.41) is 0. The molecule has 2 aromatic carbocycles. The highest BCUT2D eigenvalue weighted by atomic mass is 16.5. The first kappa shape index (κ1) is 13.7. The van der Waals surface area contributed by atoms with Crippen molar-refractivity contribution < 1.29 is 14.3 Å². The van der Waals surface area contributed by atoms with Crippen molar-refractivity contribution in [2.75, 3.05) is 7.11 Å². The van der Waals surface area contributed by atoms with Crippen LogP contribution in [0, 0.1) is 6.92 Å². The molecular formula is C18H18O3. The summed E-state index contributed by atoms with van der Waals surface area (Å²) < 4.78 is 11.2. The number of hydrogen-bond acceptors (Lipinski definition) is 3. The molecule has 21 heavy (non-hydrogen) atoms. The van der Waals surface area contributed by atoms with Gasteiger partial charge in [-0.1, -0.05) is 11.6 Å². The van der Waals surface area contributed by atoms with Crippen LogP contribution in [0.4, 0.5) is 0 Å². The molecule has 0 saturated heterocycles. The predicted molar refractivity (Wildman–Crippen MR) is 81.2 cm³/mol. The van der Waals surface area contributed by atoms with E-state index in [1.807, 2.05) is 37.3 Å². The van der Waals surface area contributed by atoms with Gasteiger partial charge in [0.2, 0.25) is 0 Å². The summed E-state index contributed by atoms with van der Waals surface area (Å²) in [6.07, 6.45) is 1.43. The quantitative estimate of drug-likeness (QED) is 0.857. The van der Waals surface area contributed by atoms with Crippen LogP contribution in [0.15, 0.2) is 36.4 Å². The van der Waals surface area contributed by atoms with E-state index in [2.05, 4.69) is 6.07 Å². The first-order valence-corrected chi connectivity index (χ1v) is 7.10. The molecule has 0 N–H and O–H groups in total. The smallest absolute Gasteiger partial charge is 0.163 e. The van der Waals surface area contributed by atoms with Gasteiger partial charge in [0.15, 0.2) is 5.78 Å². The number of carbonyl (C=O) groups excluding carboxylic acids is 1. The zero-order chi connectivity index (χ0) is 14.8. The van der Waals surface area contributed by atoms with Crippen LogP contribution in [0.3, 0.4) is 0 Å². The largest absolute Gasteiger partial charge is 0.496 e. The van der Waals surface area contributed by atoms with Gasteiger partial charge in [-0.25, -0.2) is 0 Å². The molecule has 0 amide bonds. The second-order valence-electron chi connectivity index (χ2n) is 5.35. The van der Waals surface area contributed by atoms with Crippen LogP contribution < -0.4 is 9.47 Å². The van der Waals surface area contributed by atoms with Crippen LogP contribution in [0.25, 0.3) is 0 Å². The summed E-state index contributed by atoms with van der Waals surface area (Å²) in [5.41, 5.74) is 4.13.